The van der Waals surface area contributed by atoms with E-state index in [9.17, 15) is 8.42 Å². The summed E-state index contributed by atoms with van der Waals surface area (Å²) >= 11 is 6.57. The predicted octanol–water partition coefficient (Wildman–Crippen LogP) is 2.26. The minimum Gasteiger partial charge on any atom is -0.377 e. The van der Waals surface area contributed by atoms with E-state index in [1.807, 2.05) is 0 Å². The number of nitrogens with one attached hydrogen (secondary N) is 2. The predicted molar refractivity (Wildman–Crippen MR) is 88.9 cm³/mol. The maximum absolute atomic E-state index is 12.2. The summed E-state index contributed by atoms with van der Waals surface area (Å²) in [4.78, 5) is 0.229. The third kappa shape index (κ3) is 5.30. The summed E-state index contributed by atoms with van der Waals surface area (Å²) in [5.41, 5.74) is 0. The molecule has 0 aliphatic carbocycles. The lowest BCUT2D eigenvalue weighted by atomic mass is 10.1. The number of hydrogen-bond acceptors (Lipinski definition) is 4. The fourth-order valence-electron chi connectivity index (χ4n) is 2.13. The number of hydrogen-bond donors (Lipinski definition) is 2. The first kappa shape index (κ1) is 17.4. The van der Waals surface area contributed by atoms with Crippen molar-refractivity contribution in [1.29, 1.82) is 0 Å². The Bertz CT molecular complexity index is 575. The number of halogens is 2. The highest BCUT2D eigenvalue weighted by Gasteiger charge is 2.18. The van der Waals surface area contributed by atoms with E-state index in [1.165, 1.54) is 0 Å². The van der Waals surface area contributed by atoms with E-state index in [1.54, 1.807) is 18.2 Å². The zero-order valence-corrected chi connectivity index (χ0v) is 15.4. The van der Waals surface area contributed by atoms with Crippen LogP contribution in [0, 0.1) is 0 Å². The van der Waals surface area contributed by atoms with Gasteiger partial charge >= 0.3 is 0 Å². The smallest absolute Gasteiger partial charge is 0.241 e. The molecule has 1 aliphatic rings. The second-order valence-electron chi connectivity index (χ2n) is 4.79. The number of ether oxygens (including phenoxy) is 1. The van der Waals surface area contributed by atoms with E-state index in [-0.39, 0.29) is 17.5 Å². The highest BCUT2D eigenvalue weighted by molar-refractivity contribution is 9.11. The lowest BCUT2D eigenvalue weighted by molar-refractivity contribution is 0.0367. The zero-order valence-electron chi connectivity index (χ0n) is 11.4. The summed E-state index contributed by atoms with van der Waals surface area (Å²) in [6.45, 7) is 2.58. The molecule has 0 saturated carbocycles. The molecular weight excluding hydrogens is 424 g/mol. The third-order valence-electron chi connectivity index (χ3n) is 3.22. The van der Waals surface area contributed by atoms with Crippen molar-refractivity contribution in [2.45, 2.75) is 23.8 Å². The van der Waals surface area contributed by atoms with Gasteiger partial charge in [0.25, 0.3) is 0 Å². The molecular formula is C13H18Br2N2O3S. The van der Waals surface area contributed by atoms with Gasteiger partial charge in [-0.25, -0.2) is 13.1 Å². The Balaban J connectivity index is 1.83. The van der Waals surface area contributed by atoms with Gasteiger partial charge in [0, 0.05) is 15.5 Å². The summed E-state index contributed by atoms with van der Waals surface area (Å²) in [5.74, 6) is 0. The van der Waals surface area contributed by atoms with Crippen LogP contribution in [0.4, 0.5) is 0 Å². The van der Waals surface area contributed by atoms with E-state index in [4.69, 9.17) is 4.74 Å². The zero-order chi connectivity index (χ0) is 15.3. The quantitative estimate of drug-likeness (QED) is 0.664. The van der Waals surface area contributed by atoms with E-state index >= 15 is 0 Å². The molecule has 2 N–H and O–H groups in total. The van der Waals surface area contributed by atoms with Gasteiger partial charge in [0.2, 0.25) is 10.0 Å². The van der Waals surface area contributed by atoms with Crippen LogP contribution in [-0.4, -0.2) is 40.8 Å². The van der Waals surface area contributed by atoms with Gasteiger partial charge in [0.1, 0.15) is 0 Å². The van der Waals surface area contributed by atoms with Gasteiger partial charge < -0.3 is 10.1 Å². The molecule has 0 radical (unpaired) electrons. The Kier molecular flexibility index (Phi) is 6.64. The van der Waals surface area contributed by atoms with Gasteiger partial charge in [-0.2, -0.15) is 0 Å². The first-order chi connectivity index (χ1) is 9.99. The topological polar surface area (TPSA) is 67.4 Å². The molecule has 21 heavy (non-hydrogen) atoms. The van der Waals surface area contributed by atoms with Gasteiger partial charge in [-0.3, -0.25) is 0 Å². The van der Waals surface area contributed by atoms with E-state index in [0.29, 0.717) is 11.1 Å². The first-order valence-corrected chi connectivity index (χ1v) is 9.83. The third-order valence-corrected chi connectivity index (χ3v) is 6.15. The van der Waals surface area contributed by atoms with Crippen molar-refractivity contribution < 1.29 is 13.2 Å². The van der Waals surface area contributed by atoms with Crippen molar-refractivity contribution in [1.82, 2.24) is 10.0 Å². The van der Waals surface area contributed by atoms with E-state index in [0.717, 1.165) is 30.4 Å². The summed E-state index contributed by atoms with van der Waals surface area (Å²) in [7, 11) is -3.52. The Labute approximate surface area is 142 Å². The molecule has 0 spiro atoms. The standard InChI is InChI=1S/C13H18Br2N2O3S/c14-10-1-2-13(12(15)9-10)21(18,19)17-7-8-20-11-3-5-16-6-4-11/h1-2,9,11,16-17H,3-8H2. The van der Waals surface area contributed by atoms with E-state index < -0.39 is 10.0 Å². The van der Waals surface area contributed by atoms with Crippen LogP contribution < -0.4 is 10.0 Å². The Hall–Kier alpha value is 0.01000. The van der Waals surface area contributed by atoms with Crippen molar-refractivity contribution in [3.05, 3.63) is 27.1 Å². The van der Waals surface area contributed by atoms with Crippen molar-refractivity contribution in [3.8, 4) is 0 Å². The summed E-state index contributed by atoms with van der Waals surface area (Å²) in [6, 6.07) is 4.97. The summed E-state index contributed by atoms with van der Waals surface area (Å²) in [6.07, 6.45) is 2.19. The van der Waals surface area contributed by atoms with Crippen molar-refractivity contribution in [2.75, 3.05) is 26.2 Å². The lowest BCUT2D eigenvalue weighted by Crippen LogP contribution is -2.34. The maximum atomic E-state index is 12.2. The normalized spacial score (nSPS) is 17.0. The molecule has 1 saturated heterocycles. The Morgan fingerprint density at radius 2 is 2.00 bits per heavy atom. The number of sulfonamides is 1. The van der Waals surface area contributed by atoms with Crippen LogP contribution in [0.2, 0.25) is 0 Å². The summed E-state index contributed by atoms with van der Waals surface area (Å²) in [5, 5.41) is 3.26. The average molecular weight is 442 g/mol. The molecule has 1 aromatic carbocycles. The number of benzene rings is 1. The van der Waals surface area contributed by atoms with Crippen LogP contribution in [0.25, 0.3) is 0 Å². The lowest BCUT2D eigenvalue weighted by Gasteiger charge is -2.22. The molecule has 118 valence electrons. The fourth-order valence-corrected chi connectivity index (χ4v) is 4.89. The molecule has 1 aliphatic heterocycles. The largest absolute Gasteiger partial charge is 0.377 e. The molecule has 0 aromatic heterocycles. The molecule has 1 fully saturated rings. The molecule has 0 amide bonds. The van der Waals surface area contributed by atoms with Crippen molar-refractivity contribution in [3.63, 3.8) is 0 Å². The molecule has 0 atom stereocenters. The molecule has 0 unspecified atom stereocenters. The second kappa shape index (κ2) is 8.03. The monoisotopic (exact) mass is 440 g/mol. The Morgan fingerprint density at radius 1 is 1.29 bits per heavy atom. The number of rotatable bonds is 6. The maximum Gasteiger partial charge on any atom is 0.241 e. The van der Waals surface area contributed by atoms with Crippen molar-refractivity contribution >= 4 is 41.9 Å². The van der Waals surface area contributed by atoms with Gasteiger partial charge in [-0.1, -0.05) is 15.9 Å². The fraction of sp³-hybridized carbons (Fsp3) is 0.538. The van der Waals surface area contributed by atoms with Gasteiger partial charge in [-0.05, 0) is 60.1 Å². The molecule has 1 aromatic rings. The van der Waals surface area contributed by atoms with E-state index in [2.05, 4.69) is 41.9 Å². The minimum atomic E-state index is -3.52. The number of piperidine rings is 1. The van der Waals surface area contributed by atoms with Gasteiger partial charge in [-0.15, -0.1) is 0 Å². The molecule has 8 heteroatoms. The minimum absolute atomic E-state index is 0.229. The average Bonchev–Trinajstić information content (AvgIpc) is 2.44. The summed E-state index contributed by atoms with van der Waals surface area (Å²) < 4.78 is 34.0. The van der Waals surface area contributed by atoms with Crippen LogP contribution in [-0.2, 0) is 14.8 Å². The van der Waals surface area contributed by atoms with Gasteiger partial charge in [0.05, 0.1) is 17.6 Å². The highest BCUT2D eigenvalue weighted by atomic mass is 79.9. The van der Waals surface area contributed by atoms with Crippen LogP contribution >= 0.6 is 31.9 Å². The molecule has 0 bridgehead atoms. The first-order valence-electron chi connectivity index (χ1n) is 6.76. The molecule has 1 heterocycles. The second-order valence-corrected chi connectivity index (χ2v) is 8.30. The van der Waals surface area contributed by atoms with Crippen molar-refractivity contribution in [2.24, 2.45) is 0 Å². The van der Waals surface area contributed by atoms with Crippen LogP contribution in [0.15, 0.2) is 32.0 Å². The van der Waals surface area contributed by atoms with Gasteiger partial charge in [0.15, 0.2) is 0 Å². The molecule has 2 rings (SSSR count). The highest BCUT2D eigenvalue weighted by Crippen LogP contribution is 2.25. The Morgan fingerprint density at radius 3 is 2.67 bits per heavy atom. The van der Waals surface area contributed by atoms with Crippen LogP contribution in [0.5, 0.6) is 0 Å². The molecule has 5 nitrogen and oxygen atoms in total. The van der Waals surface area contributed by atoms with Crippen LogP contribution in [0.1, 0.15) is 12.8 Å². The SMILES string of the molecule is O=S(=O)(NCCOC1CCNCC1)c1ccc(Br)cc1Br. The van der Waals surface area contributed by atoms with Crippen LogP contribution in [0.3, 0.4) is 0 Å².